The smallest absolute Gasteiger partial charge is 0.252 e. The number of likely N-dealkylation sites (tertiary alicyclic amines) is 1. The van der Waals surface area contributed by atoms with E-state index in [1.165, 1.54) is 5.56 Å². The van der Waals surface area contributed by atoms with Crippen molar-refractivity contribution in [3.63, 3.8) is 0 Å². The summed E-state index contributed by atoms with van der Waals surface area (Å²) >= 11 is 0. The molecule has 0 amide bonds. The van der Waals surface area contributed by atoms with Crippen molar-refractivity contribution in [3.05, 3.63) is 68.0 Å². The number of hydrogen-bond donors (Lipinski definition) is 1. The predicted molar refractivity (Wildman–Crippen MR) is 131 cm³/mol. The van der Waals surface area contributed by atoms with E-state index in [0.29, 0.717) is 12.6 Å². The monoisotopic (exact) mass is 461 g/mol. The first-order valence-electron chi connectivity index (χ1n) is 12.4. The molecule has 8 heteroatoms. The van der Waals surface area contributed by atoms with E-state index in [1.54, 1.807) is 16.7 Å². The van der Waals surface area contributed by atoms with E-state index in [4.69, 9.17) is 4.74 Å². The molecule has 1 fully saturated rings. The Kier molecular flexibility index (Phi) is 5.50. The van der Waals surface area contributed by atoms with Crippen LogP contribution < -0.4 is 21.2 Å². The second kappa shape index (κ2) is 8.67. The minimum atomic E-state index is -0.0201. The lowest BCUT2D eigenvalue weighted by atomic mass is 10.0. The lowest BCUT2D eigenvalue weighted by molar-refractivity contribution is 0.171. The van der Waals surface area contributed by atoms with Crippen LogP contribution in [0.4, 0.5) is 0 Å². The number of nitrogens with one attached hydrogen (secondary N) is 1. The van der Waals surface area contributed by atoms with Crippen LogP contribution in [-0.2, 0) is 19.5 Å². The zero-order valence-electron chi connectivity index (χ0n) is 19.6. The first-order chi connectivity index (χ1) is 16.6. The summed E-state index contributed by atoms with van der Waals surface area (Å²) < 4.78 is 9.29. The zero-order valence-corrected chi connectivity index (χ0v) is 19.6. The summed E-state index contributed by atoms with van der Waals surface area (Å²) in [6.07, 6.45) is 6.13. The van der Waals surface area contributed by atoms with E-state index in [9.17, 15) is 9.59 Å². The fourth-order valence-corrected chi connectivity index (χ4v) is 5.80. The predicted octanol–water partition coefficient (Wildman–Crippen LogP) is 2.00. The Morgan fingerprint density at radius 2 is 2.00 bits per heavy atom. The van der Waals surface area contributed by atoms with E-state index < -0.39 is 0 Å². The number of aryl methyl sites for hydroxylation is 2. The van der Waals surface area contributed by atoms with E-state index in [0.717, 1.165) is 86.5 Å². The van der Waals surface area contributed by atoms with Gasteiger partial charge in [0, 0.05) is 43.2 Å². The lowest BCUT2D eigenvalue weighted by Gasteiger charge is -2.34. The average Bonchev–Trinajstić information content (AvgIpc) is 3.23. The molecule has 3 aromatic heterocycles. The Balaban J connectivity index is 1.08. The van der Waals surface area contributed by atoms with E-state index in [-0.39, 0.29) is 17.2 Å². The fourth-order valence-electron chi connectivity index (χ4n) is 5.80. The molecule has 1 atom stereocenters. The maximum atomic E-state index is 12.7. The third-order valence-electron chi connectivity index (χ3n) is 7.63. The standard InChI is InChI=1S/C26H31N5O3/c1-17-11-25(33)30-16-21(31-24(32)5-4-22(17)26(30)31)15-29-8-6-19(7-9-29)27-13-20-12-18-3-2-10-34-23(18)14-28-20/h4-5,11-12,14,19,21,27H,2-3,6-10,13,15-16H2,1H3. The van der Waals surface area contributed by atoms with Gasteiger partial charge in [-0.3, -0.25) is 23.7 Å². The minimum absolute atomic E-state index is 0.00266. The SMILES string of the molecule is Cc1cc(=O)n2c3c1ccc(=O)n3C(CN1CCC(NCc3cc4c(cn3)OCCC4)CC1)C2. The fraction of sp³-hybridized carbons (Fsp3) is 0.500. The highest BCUT2D eigenvalue weighted by atomic mass is 16.5. The Hall–Kier alpha value is -2.97. The summed E-state index contributed by atoms with van der Waals surface area (Å²) in [6.45, 7) is 6.82. The van der Waals surface area contributed by atoms with Gasteiger partial charge in [-0.05, 0) is 69.0 Å². The second-order valence-corrected chi connectivity index (χ2v) is 9.90. The second-order valence-electron chi connectivity index (χ2n) is 9.90. The number of piperidine rings is 1. The van der Waals surface area contributed by atoms with Crippen LogP contribution in [0.15, 0.2) is 40.1 Å². The van der Waals surface area contributed by atoms with E-state index in [2.05, 4.69) is 21.3 Å². The summed E-state index contributed by atoms with van der Waals surface area (Å²) in [5.74, 6) is 0.935. The summed E-state index contributed by atoms with van der Waals surface area (Å²) in [5, 5.41) is 4.67. The van der Waals surface area contributed by atoms with Crippen LogP contribution in [0.5, 0.6) is 5.75 Å². The van der Waals surface area contributed by atoms with Gasteiger partial charge < -0.3 is 15.0 Å². The molecule has 0 bridgehead atoms. The van der Waals surface area contributed by atoms with Crippen molar-refractivity contribution in [1.29, 1.82) is 0 Å². The molecule has 3 aliphatic rings. The van der Waals surface area contributed by atoms with Gasteiger partial charge in [0.15, 0.2) is 0 Å². The summed E-state index contributed by atoms with van der Waals surface area (Å²) in [6, 6.07) is 7.81. The number of rotatable bonds is 5. The molecule has 0 aliphatic carbocycles. The van der Waals surface area contributed by atoms with Gasteiger partial charge in [-0.1, -0.05) is 0 Å². The highest BCUT2D eigenvalue weighted by molar-refractivity contribution is 5.80. The normalized spacial score (nSPS) is 20.4. The first-order valence-corrected chi connectivity index (χ1v) is 12.4. The van der Waals surface area contributed by atoms with Crippen molar-refractivity contribution in [3.8, 4) is 5.75 Å². The molecule has 3 aliphatic heterocycles. The Morgan fingerprint density at radius 1 is 1.15 bits per heavy atom. The Bertz CT molecular complexity index is 1350. The molecule has 6 rings (SSSR count). The molecule has 1 saturated heterocycles. The molecule has 6 heterocycles. The molecule has 0 saturated carbocycles. The highest BCUT2D eigenvalue weighted by Gasteiger charge is 2.29. The van der Waals surface area contributed by atoms with Crippen molar-refractivity contribution in [2.75, 3.05) is 26.2 Å². The van der Waals surface area contributed by atoms with Crippen LogP contribution in [0, 0.1) is 6.92 Å². The van der Waals surface area contributed by atoms with Gasteiger partial charge in [-0.25, -0.2) is 0 Å². The third kappa shape index (κ3) is 3.84. The van der Waals surface area contributed by atoms with Crippen molar-refractivity contribution >= 4 is 11.0 Å². The quantitative estimate of drug-likeness (QED) is 0.626. The maximum Gasteiger partial charge on any atom is 0.252 e. The van der Waals surface area contributed by atoms with Crippen LogP contribution >= 0.6 is 0 Å². The number of aromatic nitrogens is 3. The van der Waals surface area contributed by atoms with Crippen LogP contribution in [-0.4, -0.2) is 51.3 Å². The average molecular weight is 462 g/mol. The van der Waals surface area contributed by atoms with Gasteiger partial charge in [0.1, 0.15) is 11.4 Å². The summed E-state index contributed by atoms with van der Waals surface area (Å²) in [5.41, 5.74) is 4.01. The van der Waals surface area contributed by atoms with Gasteiger partial charge >= 0.3 is 0 Å². The third-order valence-corrected chi connectivity index (χ3v) is 7.63. The molecule has 3 aromatic rings. The molecule has 0 radical (unpaired) electrons. The van der Waals surface area contributed by atoms with Gasteiger partial charge in [0.2, 0.25) is 0 Å². The maximum absolute atomic E-state index is 12.7. The summed E-state index contributed by atoms with van der Waals surface area (Å²) in [4.78, 5) is 32.3. The van der Waals surface area contributed by atoms with Crippen molar-refractivity contribution < 1.29 is 4.74 Å². The molecule has 178 valence electrons. The van der Waals surface area contributed by atoms with E-state index in [1.807, 2.05) is 23.8 Å². The molecule has 8 nitrogen and oxygen atoms in total. The zero-order chi connectivity index (χ0) is 23.2. The highest BCUT2D eigenvalue weighted by Crippen LogP contribution is 2.27. The molecular weight excluding hydrogens is 430 g/mol. The number of pyridine rings is 3. The molecular formula is C26H31N5O3. The minimum Gasteiger partial charge on any atom is -0.492 e. The van der Waals surface area contributed by atoms with Crippen LogP contribution in [0.1, 0.15) is 42.1 Å². The topological polar surface area (TPSA) is 81.4 Å². The van der Waals surface area contributed by atoms with Gasteiger partial charge in [0.25, 0.3) is 11.1 Å². The summed E-state index contributed by atoms with van der Waals surface area (Å²) in [7, 11) is 0. The Labute approximate surface area is 198 Å². The molecule has 0 spiro atoms. The van der Waals surface area contributed by atoms with Crippen molar-refractivity contribution in [2.24, 2.45) is 0 Å². The molecule has 0 aromatic carbocycles. The van der Waals surface area contributed by atoms with Crippen molar-refractivity contribution in [1.82, 2.24) is 24.3 Å². The molecule has 1 unspecified atom stereocenters. The first kappa shape index (κ1) is 21.6. The van der Waals surface area contributed by atoms with Crippen LogP contribution in [0.2, 0.25) is 0 Å². The van der Waals surface area contributed by atoms with Gasteiger partial charge in [-0.15, -0.1) is 0 Å². The molecule has 1 N–H and O–H groups in total. The lowest BCUT2D eigenvalue weighted by Crippen LogP contribution is -2.44. The molecule has 34 heavy (non-hydrogen) atoms. The number of fused-ring (bicyclic) bond motifs is 1. The number of ether oxygens (including phenoxy) is 1. The van der Waals surface area contributed by atoms with Gasteiger partial charge in [-0.2, -0.15) is 0 Å². The largest absolute Gasteiger partial charge is 0.492 e. The van der Waals surface area contributed by atoms with Gasteiger partial charge in [0.05, 0.1) is 24.5 Å². The van der Waals surface area contributed by atoms with Crippen LogP contribution in [0.25, 0.3) is 11.0 Å². The van der Waals surface area contributed by atoms with E-state index >= 15 is 0 Å². The van der Waals surface area contributed by atoms with Crippen LogP contribution in [0.3, 0.4) is 0 Å². The number of nitrogens with zero attached hydrogens (tertiary/aromatic N) is 4. The Morgan fingerprint density at radius 3 is 2.85 bits per heavy atom. The van der Waals surface area contributed by atoms with Crippen molar-refractivity contribution in [2.45, 2.75) is 57.8 Å². The number of hydrogen-bond acceptors (Lipinski definition) is 6.